The molecule has 0 aromatic rings. The van der Waals surface area contributed by atoms with Crippen LogP contribution in [0.5, 0.6) is 0 Å². The molecular formula is C14H23N3O2. The highest BCUT2D eigenvalue weighted by atomic mass is 16.2. The Morgan fingerprint density at radius 1 is 1.32 bits per heavy atom. The Bertz CT molecular complexity index is 390. The van der Waals surface area contributed by atoms with E-state index in [-0.39, 0.29) is 18.4 Å². The molecule has 1 aliphatic carbocycles. The van der Waals surface area contributed by atoms with Gasteiger partial charge in [0.2, 0.25) is 11.8 Å². The summed E-state index contributed by atoms with van der Waals surface area (Å²) < 4.78 is 0. The predicted octanol–water partition coefficient (Wildman–Crippen LogP) is 0.209. The Kier molecular flexibility index (Phi) is 3.25. The molecule has 2 heterocycles. The molecule has 0 radical (unpaired) electrons. The lowest BCUT2D eigenvalue weighted by Crippen LogP contribution is -2.66. The van der Waals surface area contributed by atoms with Gasteiger partial charge < -0.3 is 15.1 Å². The van der Waals surface area contributed by atoms with Gasteiger partial charge in [0, 0.05) is 13.1 Å². The highest BCUT2D eigenvalue weighted by Crippen LogP contribution is 2.33. The van der Waals surface area contributed by atoms with Crippen LogP contribution >= 0.6 is 0 Å². The summed E-state index contributed by atoms with van der Waals surface area (Å²) in [5, 5.41) is 2.96. The van der Waals surface area contributed by atoms with Crippen molar-refractivity contribution in [3.63, 3.8) is 0 Å². The van der Waals surface area contributed by atoms with Gasteiger partial charge >= 0.3 is 0 Å². The van der Waals surface area contributed by atoms with Gasteiger partial charge in [0.1, 0.15) is 5.54 Å². The second-order valence-corrected chi connectivity index (χ2v) is 6.44. The second-order valence-electron chi connectivity index (χ2n) is 6.44. The van der Waals surface area contributed by atoms with Crippen LogP contribution in [0.15, 0.2) is 0 Å². The van der Waals surface area contributed by atoms with Crippen molar-refractivity contribution in [2.75, 3.05) is 33.2 Å². The predicted molar refractivity (Wildman–Crippen MR) is 71.5 cm³/mol. The van der Waals surface area contributed by atoms with E-state index < -0.39 is 5.54 Å². The number of amides is 2. The molecule has 0 aromatic carbocycles. The maximum atomic E-state index is 12.7. The second kappa shape index (κ2) is 4.78. The molecule has 106 valence electrons. The van der Waals surface area contributed by atoms with Gasteiger partial charge in [-0.25, -0.2) is 0 Å². The van der Waals surface area contributed by atoms with Crippen molar-refractivity contribution in [2.24, 2.45) is 5.92 Å². The summed E-state index contributed by atoms with van der Waals surface area (Å²) in [5.41, 5.74) is -0.556. The number of likely N-dealkylation sites (tertiary alicyclic amines) is 1. The van der Waals surface area contributed by atoms with Gasteiger partial charge in [-0.05, 0) is 38.8 Å². The first kappa shape index (κ1) is 12.9. The van der Waals surface area contributed by atoms with E-state index >= 15 is 0 Å². The molecule has 1 atom stereocenters. The average Bonchev–Trinajstić information content (AvgIpc) is 2.96. The molecule has 2 aliphatic heterocycles. The lowest BCUT2D eigenvalue weighted by molar-refractivity contribution is -0.150. The number of rotatable bonds is 2. The Labute approximate surface area is 114 Å². The van der Waals surface area contributed by atoms with Gasteiger partial charge in [-0.15, -0.1) is 0 Å². The monoisotopic (exact) mass is 265 g/mol. The third-order valence-corrected chi connectivity index (χ3v) is 4.83. The van der Waals surface area contributed by atoms with E-state index in [1.807, 2.05) is 4.90 Å². The zero-order valence-corrected chi connectivity index (χ0v) is 11.7. The quantitative estimate of drug-likeness (QED) is 0.776. The van der Waals surface area contributed by atoms with Crippen molar-refractivity contribution in [3.8, 4) is 0 Å². The minimum absolute atomic E-state index is 0.0212. The van der Waals surface area contributed by atoms with Gasteiger partial charge in [-0.2, -0.15) is 0 Å². The molecule has 3 fully saturated rings. The topological polar surface area (TPSA) is 52.6 Å². The highest BCUT2D eigenvalue weighted by Gasteiger charge is 2.48. The molecule has 1 spiro atoms. The summed E-state index contributed by atoms with van der Waals surface area (Å²) in [6.07, 6.45) is 4.87. The van der Waals surface area contributed by atoms with Crippen molar-refractivity contribution < 1.29 is 9.59 Å². The fourth-order valence-corrected chi connectivity index (χ4v) is 3.86. The molecule has 0 bridgehead atoms. The molecule has 1 unspecified atom stereocenters. The van der Waals surface area contributed by atoms with Crippen LogP contribution in [0.25, 0.3) is 0 Å². The zero-order valence-electron chi connectivity index (χ0n) is 11.7. The van der Waals surface area contributed by atoms with Crippen molar-refractivity contribution in [2.45, 2.75) is 37.6 Å². The van der Waals surface area contributed by atoms with E-state index in [1.54, 1.807) is 0 Å². The van der Waals surface area contributed by atoms with Gasteiger partial charge in [0.05, 0.1) is 6.54 Å². The van der Waals surface area contributed by atoms with Crippen LogP contribution in [-0.2, 0) is 9.59 Å². The minimum Gasteiger partial charge on any atom is -0.340 e. The van der Waals surface area contributed by atoms with Gasteiger partial charge in [0.15, 0.2) is 0 Å². The van der Waals surface area contributed by atoms with Gasteiger partial charge in [-0.1, -0.05) is 12.8 Å². The van der Waals surface area contributed by atoms with Gasteiger partial charge in [0.25, 0.3) is 0 Å². The van der Waals surface area contributed by atoms with Crippen molar-refractivity contribution in [3.05, 3.63) is 0 Å². The molecule has 19 heavy (non-hydrogen) atoms. The normalized spacial score (nSPS) is 31.2. The molecule has 3 rings (SSSR count). The zero-order chi connectivity index (χ0) is 13.5. The van der Waals surface area contributed by atoms with Crippen LogP contribution in [0.3, 0.4) is 0 Å². The number of carbonyl (C=O) groups is 2. The smallest absolute Gasteiger partial charge is 0.248 e. The number of hydrogen-bond donors (Lipinski definition) is 1. The lowest BCUT2D eigenvalue weighted by Gasteiger charge is -2.40. The molecule has 2 amide bonds. The first-order valence-electron chi connectivity index (χ1n) is 7.38. The number of nitrogens with zero attached hydrogens (tertiary/aromatic N) is 2. The Hall–Kier alpha value is -1.10. The SMILES string of the molecule is CN1CCC(CN2CC(=O)NC3(CCCC3)C2=O)C1. The molecule has 1 saturated carbocycles. The first-order valence-corrected chi connectivity index (χ1v) is 7.38. The molecule has 1 N–H and O–H groups in total. The third kappa shape index (κ3) is 2.36. The van der Waals surface area contributed by atoms with Crippen LogP contribution in [0.4, 0.5) is 0 Å². The van der Waals surface area contributed by atoms with E-state index in [1.165, 1.54) is 0 Å². The van der Waals surface area contributed by atoms with Crippen molar-refractivity contribution in [1.82, 2.24) is 15.1 Å². The van der Waals surface area contributed by atoms with E-state index in [0.717, 1.165) is 51.7 Å². The third-order valence-electron chi connectivity index (χ3n) is 4.83. The van der Waals surface area contributed by atoms with E-state index in [4.69, 9.17) is 0 Å². The fourth-order valence-electron chi connectivity index (χ4n) is 3.86. The summed E-state index contributed by atoms with van der Waals surface area (Å²) in [6.45, 7) is 3.14. The average molecular weight is 265 g/mol. The minimum atomic E-state index is -0.556. The molecule has 5 nitrogen and oxygen atoms in total. The molecule has 0 aromatic heterocycles. The maximum absolute atomic E-state index is 12.7. The Morgan fingerprint density at radius 2 is 2.05 bits per heavy atom. The molecule has 3 aliphatic rings. The van der Waals surface area contributed by atoms with Crippen LogP contribution < -0.4 is 5.32 Å². The van der Waals surface area contributed by atoms with Crippen molar-refractivity contribution in [1.29, 1.82) is 0 Å². The van der Waals surface area contributed by atoms with E-state index in [0.29, 0.717) is 5.92 Å². The van der Waals surface area contributed by atoms with Crippen LogP contribution in [0.1, 0.15) is 32.1 Å². The summed E-state index contributed by atoms with van der Waals surface area (Å²) in [6, 6.07) is 0. The lowest BCUT2D eigenvalue weighted by atomic mass is 9.92. The number of piperazine rings is 1. The summed E-state index contributed by atoms with van der Waals surface area (Å²) in [7, 11) is 2.11. The standard InChI is InChI=1S/C14H23N3O2/c1-16-7-4-11(8-16)9-17-10-12(18)15-14(13(17)19)5-2-3-6-14/h11H,2-10H2,1H3,(H,15,18). The summed E-state index contributed by atoms with van der Waals surface area (Å²) in [4.78, 5) is 28.7. The van der Waals surface area contributed by atoms with Crippen LogP contribution in [0, 0.1) is 5.92 Å². The molecule has 2 saturated heterocycles. The Morgan fingerprint density at radius 3 is 2.68 bits per heavy atom. The first-order chi connectivity index (χ1) is 9.09. The fraction of sp³-hybridized carbons (Fsp3) is 0.857. The van der Waals surface area contributed by atoms with Gasteiger partial charge in [-0.3, -0.25) is 9.59 Å². The molecule has 5 heteroatoms. The van der Waals surface area contributed by atoms with Crippen molar-refractivity contribution >= 4 is 11.8 Å². The van der Waals surface area contributed by atoms with E-state index in [2.05, 4.69) is 17.3 Å². The Balaban J connectivity index is 1.70. The maximum Gasteiger partial charge on any atom is 0.248 e. The number of nitrogens with one attached hydrogen (secondary N) is 1. The number of carbonyl (C=O) groups excluding carboxylic acids is 2. The summed E-state index contributed by atoms with van der Waals surface area (Å²) >= 11 is 0. The van der Waals surface area contributed by atoms with Crippen LogP contribution in [0.2, 0.25) is 0 Å². The number of hydrogen-bond acceptors (Lipinski definition) is 3. The molecular weight excluding hydrogens is 242 g/mol. The highest BCUT2D eigenvalue weighted by molar-refractivity contribution is 5.98. The van der Waals surface area contributed by atoms with Crippen LogP contribution in [-0.4, -0.2) is 60.4 Å². The summed E-state index contributed by atoms with van der Waals surface area (Å²) in [5.74, 6) is 0.713. The van der Waals surface area contributed by atoms with E-state index in [9.17, 15) is 9.59 Å². The largest absolute Gasteiger partial charge is 0.340 e.